The number of H-pyrrole nitrogens is 2. The molecule has 0 saturated carbocycles. The third kappa shape index (κ3) is 4.41. The van der Waals surface area contributed by atoms with Gasteiger partial charge in [-0.25, -0.2) is 23.1 Å². The molecule has 0 aliphatic heterocycles. The van der Waals surface area contributed by atoms with Crippen LogP contribution in [0.1, 0.15) is 28.3 Å². The van der Waals surface area contributed by atoms with Gasteiger partial charge in [0.15, 0.2) is 0 Å². The molecule has 0 aliphatic carbocycles. The van der Waals surface area contributed by atoms with Gasteiger partial charge in [0.05, 0.1) is 33.4 Å². The van der Waals surface area contributed by atoms with Gasteiger partial charge in [-0.05, 0) is 55.0 Å². The number of hydrogen-bond donors (Lipinski definition) is 5. The summed E-state index contributed by atoms with van der Waals surface area (Å²) in [5.74, 6) is 1.48. The van der Waals surface area contributed by atoms with Crippen LogP contribution in [-0.4, -0.2) is 34.2 Å². The monoisotopic (exact) mass is 473 g/mol. The van der Waals surface area contributed by atoms with Gasteiger partial charge < -0.3 is 15.7 Å². The fraction of sp³-hybridized carbons (Fsp3) is 0.125. The zero-order chi connectivity index (χ0) is 23.9. The van der Waals surface area contributed by atoms with E-state index in [1.54, 1.807) is 36.4 Å². The molecule has 0 amide bonds. The second-order valence-corrected chi connectivity index (χ2v) is 9.95. The average molecular weight is 474 g/mol. The van der Waals surface area contributed by atoms with E-state index in [0.29, 0.717) is 12.0 Å². The second-order valence-electron chi connectivity index (χ2n) is 8.18. The van der Waals surface area contributed by atoms with Crippen LogP contribution in [0, 0.1) is 12.3 Å². The maximum Gasteiger partial charge on any atom is 0.240 e. The highest BCUT2D eigenvalue weighted by Crippen LogP contribution is 2.19. The van der Waals surface area contributed by atoms with Crippen molar-refractivity contribution in [2.45, 2.75) is 24.8 Å². The molecule has 6 N–H and O–H groups in total. The van der Waals surface area contributed by atoms with Crippen molar-refractivity contribution in [2.24, 2.45) is 5.73 Å². The number of rotatable bonds is 7. The molecule has 0 saturated heterocycles. The highest BCUT2D eigenvalue weighted by Gasteiger charge is 2.14. The molecule has 172 valence electrons. The Balaban J connectivity index is 1.32. The summed E-state index contributed by atoms with van der Waals surface area (Å²) in [6.07, 6.45) is 0.466. The number of nitrogens with zero attached hydrogens (tertiary/aromatic N) is 2. The number of imidazole rings is 2. The minimum Gasteiger partial charge on any atom is -0.384 e. The molecule has 0 spiro atoms. The molecular weight excluding hydrogens is 450 g/mol. The second kappa shape index (κ2) is 8.40. The van der Waals surface area contributed by atoms with Crippen LogP contribution in [0.15, 0.2) is 65.6 Å². The Bertz CT molecular complexity index is 1630. The van der Waals surface area contributed by atoms with E-state index in [9.17, 15) is 8.42 Å². The Labute approximate surface area is 196 Å². The van der Waals surface area contributed by atoms with Crippen LogP contribution >= 0.6 is 0 Å². The number of nitrogens with two attached hydrogens (primary N) is 1. The quantitative estimate of drug-likeness (QED) is 0.182. The molecule has 0 radical (unpaired) electrons. The van der Waals surface area contributed by atoms with Crippen LogP contribution in [0.3, 0.4) is 0 Å². The number of nitrogen functional groups attached to an aromatic ring is 1. The van der Waals surface area contributed by atoms with Crippen LogP contribution in [0.25, 0.3) is 22.1 Å². The number of benzene rings is 3. The first-order chi connectivity index (χ1) is 16.3. The summed E-state index contributed by atoms with van der Waals surface area (Å²) in [7, 11) is -3.59. The molecule has 3 aromatic carbocycles. The topological polar surface area (TPSA) is 153 Å². The maximum absolute atomic E-state index is 12.6. The van der Waals surface area contributed by atoms with Gasteiger partial charge in [-0.3, -0.25) is 5.41 Å². The van der Waals surface area contributed by atoms with Gasteiger partial charge in [0.25, 0.3) is 0 Å². The smallest absolute Gasteiger partial charge is 0.240 e. The lowest BCUT2D eigenvalue weighted by Gasteiger charge is -2.07. The van der Waals surface area contributed by atoms with Gasteiger partial charge in [-0.15, -0.1) is 0 Å². The predicted octanol–water partition coefficient (Wildman–Crippen LogP) is 3.10. The Morgan fingerprint density at radius 1 is 0.941 bits per heavy atom. The molecule has 0 fully saturated rings. The summed E-state index contributed by atoms with van der Waals surface area (Å²) in [4.78, 5) is 16.0. The van der Waals surface area contributed by atoms with Crippen molar-refractivity contribution in [1.82, 2.24) is 24.7 Å². The Kier molecular flexibility index (Phi) is 5.39. The van der Waals surface area contributed by atoms with E-state index >= 15 is 0 Å². The Hall–Kier alpha value is -4.02. The standard InChI is InChI=1S/C24H23N7O2S/c1-14-2-6-17(7-3-14)34(32,33)27-13-15-4-8-18-20(10-15)30-22(28-18)12-23-29-19-9-5-16(24(25)26)11-21(19)31-23/h2-11,27H,12-13H2,1H3,(H3,25,26)(H,28,30)(H,29,31). The highest BCUT2D eigenvalue weighted by molar-refractivity contribution is 7.89. The van der Waals surface area contributed by atoms with E-state index in [0.717, 1.165) is 44.8 Å². The lowest BCUT2D eigenvalue weighted by atomic mass is 10.2. The van der Waals surface area contributed by atoms with Crippen LogP contribution in [-0.2, 0) is 23.0 Å². The van der Waals surface area contributed by atoms with Gasteiger partial charge in [-0.2, -0.15) is 0 Å². The first-order valence-electron chi connectivity index (χ1n) is 10.6. The molecular formula is C24H23N7O2S. The lowest BCUT2D eigenvalue weighted by molar-refractivity contribution is 0.581. The third-order valence-electron chi connectivity index (χ3n) is 5.57. The fourth-order valence-corrected chi connectivity index (χ4v) is 4.77. The largest absolute Gasteiger partial charge is 0.384 e. The number of nitrogens with one attached hydrogen (secondary N) is 4. The van der Waals surface area contributed by atoms with Crippen molar-refractivity contribution in [2.75, 3.05) is 0 Å². The van der Waals surface area contributed by atoms with Gasteiger partial charge in [0.1, 0.15) is 17.5 Å². The number of amidine groups is 1. The summed E-state index contributed by atoms with van der Waals surface area (Å²) in [5.41, 5.74) is 11.2. The van der Waals surface area contributed by atoms with Gasteiger partial charge in [-0.1, -0.05) is 23.8 Å². The van der Waals surface area contributed by atoms with Gasteiger partial charge in [0.2, 0.25) is 10.0 Å². The minimum atomic E-state index is -3.59. The van der Waals surface area contributed by atoms with E-state index < -0.39 is 10.0 Å². The zero-order valence-corrected chi connectivity index (χ0v) is 19.2. The highest BCUT2D eigenvalue weighted by atomic mass is 32.2. The van der Waals surface area contributed by atoms with Crippen molar-refractivity contribution >= 4 is 37.9 Å². The SMILES string of the molecule is Cc1ccc(S(=O)(=O)NCc2ccc3nc(Cc4nc5ccc(C(=N)N)cc5[nH]4)[nH]c3c2)cc1. The van der Waals surface area contributed by atoms with Crippen molar-refractivity contribution < 1.29 is 8.42 Å². The molecule has 0 aliphatic rings. The van der Waals surface area contributed by atoms with E-state index in [1.165, 1.54) is 0 Å². The molecule has 0 unspecified atom stereocenters. The van der Waals surface area contributed by atoms with Crippen molar-refractivity contribution in [3.63, 3.8) is 0 Å². The van der Waals surface area contributed by atoms with Gasteiger partial charge >= 0.3 is 0 Å². The number of aromatic nitrogens is 4. The minimum absolute atomic E-state index is 0.00675. The number of hydrogen-bond acceptors (Lipinski definition) is 5. The summed E-state index contributed by atoms with van der Waals surface area (Å²) < 4.78 is 27.8. The molecule has 34 heavy (non-hydrogen) atoms. The number of aryl methyl sites for hydroxylation is 1. The molecule has 5 aromatic rings. The molecule has 10 heteroatoms. The number of fused-ring (bicyclic) bond motifs is 2. The van der Waals surface area contributed by atoms with Crippen LogP contribution in [0.2, 0.25) is 0 Å². The third-order valence-corrected chi connectivity index (χ3v) is 6.99. The normalized spacial score (nSPS) is 11.9. The summed E-state index contributed by atoms with van der Waals surface area (Å²) >= 11 is 0. The van der Waals surface area contributed by atoms with Crippen molar-refractivity contribution in [3.8, 4) is 0 Å². The van der Waals surface area contributed by atoms with E-state index in [2.05, 4.69) is 24.7 Å². The van der Waals surface area contributed by atoms with Crippen LogP contribution < -0.4 is 10.5 Å². The predicted molar refractivity (Wildman–Crippen MR) is 131 cm³/mol. The molecule has 2 heterocycles. The summed E-state index contributed by atoms with van der Waals surface area (Å²) in [5, 5.41) is 7.58. The summed E-state index contributed by atoms with van der Waals surface area (Å²) in [6, 6.07) is 17.8. The molecule has 9 nitrogen and oxygen atoms in total. The lowest BCUT2D eigenvalue weighted by Crippen LogP contribution is -2.23. The zero-order valence-electron chi connectivity index (χ0n) is 18.4. The first-order valence-corrected chi connectivity index (χ1v) is 12.1. The van der Waals surface area contributed by atoms with E-state index in [1.807, 2.05) is 31.2 Å². The molecule has 2 aromatic heterocycles. The molecule has 5 rings (SSSR count). The fourth-order valence-electron chi connectivity index (χ4n) is 3.75. The van der Waals surface area contributed by atoms with Gasteiger partial charge in [0, 0.05) is 12.1 Å². The number of aromatic amines is 2. The van der Waals surface area contributed by atoms with Crippen LogP contribution in [0.5, 0.6) is 0 Å². The van der Waals surface area contributed by atoms with E-state index in [-0.39, 0.29) is 17.3 Å². The number of sulfonamides is 1. The van der Waals surface area contributed by atoms with Crippen molar-refractivity contribution in [3.05, 3.63) is 89.0 Å². The van der Waals surface area contributed by atoms with Crippen LogP contribution in [0.4, 0.5) is 0 Å². The molecule has 0 bridgehead atoms. The van der Waals surface area contributed by atoms with E-state index in [4.69, 9.17) is 11.1 Å². The Morgan fingerprint density at radius 3 is 2.21 bits per heavy atom. The first kappa shape index (κ1) is 21.8. The molecule has 0 atom stereocenters. The Morgan fingerprint density at radius 2 is 1.56 bits per heavy atom. The maximum atomic E-state index is 12.6. The van der Waals surface area contributed by atoms with Crippen molar-refractivity contribution in [1.29, 1.82) is 5.41 Å². The average Bonchev–Trinajstić information content (AvgIpc) is 3.39. The summed E-state index contributed by atoms with van der Waals surface area (Å²) in [6.45, 7) is 2.08.